The number of rotatable bonds is 6. The molecule has 7 heteroatoms. The van der Waals surface area contributed by atoms with E-state index in [4.69, 9.17) is 4.18 Å². The van der Waals surface area contributed by atoms with Gasteiger partial charge in [0.25, 0.3) is 10.1 Å². The molecule has 0 aliphatic heterocycles. The molecule has 0 saturated carbocycles. The average Bonchev–Trinajstić information content (AvgIpc) is 2.41. The van der Waals surface area contributed by atoms with Crippen molar-refractivity contribution in [2.75, 3.05) is 6.61 Å². The fourth-order valence-electron chi connectivity index (χ4n) is 2.42. The molecule has 0 aromatic heterocycles. The van der Waals surface area contributed by atoms with Crippen LogP contribution in [0.15, 0.2) is 29.2 Å². The van der Waals surface area contributed by atoms with Gasteiger partial charge in [0, 0.05) is 5.54 Å². The normalized spacial score (nSPS) is 13.8. The van der Waals surface area contributed by atoms with Crippen molar-refractivity contribution in [3.63, 3.8) is 0 Å². The average molecular weight is 357 g/mol. The third-order valence-electron chi connectivity index (χ3n) is 3.73. The van der Waals surface area contributed by atoms with E-state index in [-0.39, 0.29) is 17.4 Å². The summed E-state index contributed by atoms with van der Waals surface area (Å²) in [6.45, 7) is 10.6. The van der Waals surface area contributed by atoms with Crippen molar-refractivity contribution in [1.82, 2.24) is 4.90 Å². The second-order valence-corrected chi connectivity index (χ2v) is 8.80. The van der Waals surface area contributed by atoms with Gasteiger partial charge in [0.05, 0.1) is 17.5 Å². The zero-order valence-corrected chi connectivity index (χ0v) is 15.9. The molecule has 1 aromatic carbocycles. The molecular formula is C17H27NO5S. The molecule has 0 radical (unpaired) electrons. The Hall–Kier alpha value is -1.60. The molecule has 0 spiro atoms. The zero-order valence-electron chi connectivity index (χ0n) is 15.1. The van der Waals surface area contributed by atoms with Crippen molar-refractivity contribution < 1.29 is 22.5 Å². The summed E-state index contributed by atoms with van der Waals surface area (Å²) in [6, 6.07) is 5.76. The summed E-state index contributed by atoms with van der Waals surface area (Å²) in [7, 11) is -3.93. The van der Waals surface area contributed by atoms with Crippen LogP contribution in [0.1, 0.15) is 40.2 Å². The standard InChI is InChI=1S/C17H27NO5S/c1-12(2)15(18(16(19)20)17(4,5)6)11-23-24(21,22)14-9-7-13(3)8-10-14/h7-10,12,15H,11H2,1-6H3,(H,19,20). The number of carbonyl (C=O) groups is 1. The Balaban J connectivity index is 3.01. The number of aryl methyl sites for hydroxylation is 1. The van der Waals surface area contributed by atoms with Gasteiger partial charge in [-0.25, -0.2) is 4.79 Å². The fraction of sp³-hybridized carbons (Fsp3) is 0.588. The molecule has 0 heterocycles. The first kappa shape index (κ1) is 20.4. The first-order chi connectivity index (χ1) is 10.9. The van der Waals surface area contributed by atoms with Crippen LogP contribution in [-0.4, -0.2) is 42.7 Å². The molecule has 0 bridgehead atoms. The van der Waals surface area contributed by atoms with Crippen molar-refractivity contribution in [3.05, 3.63) is 29.8 Å². The monoisotopic (exact) mass is 357 g/mol. The maximum atomic E-state index is 12.3. The third-order valence-corrected chi connectivity index (χ3v) is 5.03. The Labute approximate surface area is 144 Å². The van der Waals surface area contributed by atoms with Crippen LogP contribution in [0.4, 0.5) is 4.79 Å². The van der Waals surface area contributed by atoms with Crippen molar-refractivity contribution >= 4 is 16.2 Å². The van der Waals surface area contributed by atoms with Gasteiger partial charge in [-0.05, 0) is 45.7 Å². The van der Waals surface area contributed by atoms with Crippen molar-refractivity contribution in [2.24, 2.45) is 5.92 Å². The summed E-state index contributed by atoms with van der Waals surface area (Å²) in [5, 5.41) is 9.53. The van der Waals surface area contributed by atoms with Crippen LogP contribution in [0.25, 0.3) is 0 Å². The first-order valence-electron chi connectivity index (χ1n) is 7.84. The van der Waals surface area contributed by atoms with Gasteiger partial charge in [-0.1, -0.05) is 31.5 Å². The molecule has 1 N–H and O–H groups in total. The maximum absolute atomic E-state index is 12.3. The molecule has 1 amide bonds. The van der Waals surface area contributed by atoms with Crippen molar-refractivity contribution in [3.8, 4) is 0 Å². The minimum absolute atomic E-state index is 0.0632. The number of hydrogen-bond acceptors (Lipinski definition) is 4. The summed E-state index contributed by atoms with van der Waals surface area (Å²) >= 11 is 0. The van der Waals surface area contributed by atoms with E-state index in [9.17, 15) is 18.3 Å². The lowest BCUT2D eigenvalue weighted by molar-refractivity contribution is 0.0344. The van der Waals surface area contributed by atoms with Crippen LogP contribution in [-0.2, 0) is 14.3 Å². The Bertz CT molecular complexity index is 659. The van der Waals surface area contributed by atoms with Crippen LogP contribution in [0.3, 0.4) is 0 Å². The van der Waals surface area contributed by atoms with Gasteiger partial charge in [0.15, 0.2) is 0 Å². The lowest BCUT2D eigenvalue weighted by atomic mass is 9.97. The van der Waals surface area contributed by atoms with E-state index < -0.39 is 27.8 Å². The molecule has 6 nitrogen and oxygen atoms in total. The zero-order chi connectivity index (χ0) is 18.7. The van der Waals surface area contributed by atoms with E-state index in [0.29, 0.717) is 0 Å². The number of nitrogens with zero attached hydrogens (tertiary/aromatic N) is 1. The fourth-order valence-corrected chi connectivity index (χ4v) is 3.35. The van der Waals surface area contributed by atoms with E-state index in [0.717, 1.165) is 5.56 Å². The topological polar surface area (TPSA) is 83.9 Å². The van der Waals surface area contributed by atoms with Gasteiger partial charge in [-0.2, -0.15) is 8.42 Å². The molecular weight excluding hydrogens is 330 g/mol. The predicted octanol–water partition coefficient (Wildman–Crippen LogP) is 3.50. The minimum Gasteiger partial charge on any atom is -0.465 e. The number of hydrogen-bond donors (Lipinski definition) is 1. The van der Waals surface area contributed by atoms with Crippen LogP contribution in [0.2, 0.25) is 0 Å². The second-order valence-electron chi connectivity index (χ2n) is 7.19. The van der Waals surface area contributed by atoms with E-state index in [2.05, 4.69) is 0 Å². The Morgan fingerprint density at radius 3 is 2.08 bits per heavy atom. The van der Waals surface area contributed by atoms with Crippen molar-refractivity contribution in [2.45, 2.75) is 58.0 Å². The van der Waals surface area contributed by atoms with Crippen LogP contribution in [0.5, 0.6) is 0 Å². The molecule has 1 aromatic rings. The lowest BCUT2D eigenvalue weighted by Crippen LogP contribution is -2.55. The highest BCUT2D eigenvalue weighted by atomic mass is 32.2. The summed E-state index contributed by atoms with van der Waals surface area (Å²) in [5.41, 5.74) is 0.274. The van der Waals surface area contributed by atoms with E-state index in [1.165, 1.54) is 17.0 Å². The summed E-state index contributed by atoms with van der Waals surface area (Å²) in [5.74, 6) is -0.103. The Kier molecular flexibility index (Phi) is 6.41. The highest BCUT2D eigenvalue weighted by Gasteiger charge is 2.36. The number of amides is 1. The third kappa shape index (κ3) is 5.21. The molecule has 0 fully saturated rings. The summed E-state index contributed by atoms with van der Waals surface area (Å²) in [4.78, 5) is 13.0. The Morgan fingerprint density at radius 1 is 1.21 bits per heavy atom. The SMILES string of the molecule is Cc1ccc(S(=O)(=O)OCC(C(C)C)N(C(=O)O)C(C)(C)C)cc1. The van der Waals surface area contributed by atoms with Crippen LogP contribution < -0.4 is 0 Å². The van der Waals surface area contributed by atoms with Crippen LogP contribution >= 0.6 is 0 Å². The van der Waals surface area contributed by atoms with E-state index in [1.54, 1.807) is 32.9 Å². The molecule has 0 aliphatic rings. The van der Waals surface area contributed by atoms with Gasteiger partial charge in [-0.15, -0.1) is 0 Å². The first-order valence-corrected chi connectivity index (χ1v) is 9.25. The van der Waals surface area contributed by atoms with Gasteiger partial charge >= 0.3 is 6.09 Å². The summed E-state index contributed by atoms with van der Waals surface area (Å²) in [6.07, 6.45) is -1.10. The highest BCUT2D eigenvalue weighted by Crippen LogP contribution is 2.24. The maximum Gasteiger partial charge on any atom is 0.408 e. The smallest absolute Gasteiger partial charge is 0.408 e. The van der Waals surface area contributed by atoms with Crippen LogP contribution in [0, 0.1) is 12.8 Å². The lowest BCUT2D eigenvalue weighted by Gasteiger charge is -2.41. The van der Waals surface area contributed by atoms with Crippen molar-refractivity contribution in [1.29, 1.82) is 0 Å². The molecule has 1 atom stereocenters. The molecule has 1 rings (SSSR count). The number of benzene rings is 1. The molecule has 0 aliphatic carbocycles. The van der Waals surface area contributed by atoms with Gasteiger partial charge in [0.2, 0.25) is 0 Å². The Morgan fingerprint density at radius 2 is 1.71 bits per heavy atom. The summed E-state index contributed by atoms with van der Waals surface area (Å²) < 4.78 is 29.8. The van der Waals surface area contributed by atoms with E-state index in [1.807, 2.05) is 20.8 Å². The van der Waals surface area contributed by atoms with Gasteiger partial charge in [-0.3, -0.25) is 9.08 Å². The van der Waals surface area contributed by atoms with Gasteiger partial charge in [0.1, 0.15) is 0 Å². The largest absolute Gasteiger partial charge is 0.465 e. The second kappa shape index (κ2) is 7.53. The quantitative estimate of drug-likeness (QED) is 0.788. The minimum atomic E-state index is -3.93. The molecule has 1 unspecified atom stereocenters. The highest BCUT2D eigenvalue weighted by molar-refractivity contribution is 7.86. The molecule has 136 valence electrons. The molecule has 24 heavy (non-hydrogen) atoms. The van der Waals surface area contributed by atoms with Gasteiger partial charge < -0.3 is 5.11 Å². The number of carboxylic acid groups (broad SMARTS) is 1. The molecule has 0 saturated heterocycles. The predicted molar refractivity (Wildman–Crippen MR) is 92.6 cm³/mol. The van der Waals surface area contributed by atoms with E-state index >= 15 is 0 Å².